The number of carbonyl (C=O) groups excluding carboxylic acids is 1. The number of likely N-dealkylation sites (N-methyl/N-ethyl adjacent to an activating group) is 1. The van der Waals surface area contributed by atoms with E-state index in [-0.39, 0.29) is 0 Å². The number of aryl methyl sites for hydroxylation is 1. The molecule has 0 bridgehead atoms. The molecule has 0 aliphatic carbocycles. The number of ether oxygens (including phenoxy) is 2. The molecule has 3 aromatic rings. The molecule has 2 aromatic carbocycles. The molecule has 1 aromatic heterocycles. The molecule has 4 rings (SSSR count). The molecule has 0 radical (unpaired) electrons. The van der Waals surface area contributed by atoms with Gasteiger partial charge in [-0.25, -0.2) is 9.97 Å². The van der Waals surface area contributed by atoms with Crippen molar-refractivity contribution in [1.82, 2.24) is 20.2 Å². The van der Waals surface area contributed by atoms with Crippen molar-refractivity contribution in [1.29, 1.82) is 0 Å². The molecule has 2 heterocycles. The highest BCUT2D eigenvalue weighted by atomic mass is 16.5. The summed E-state index contributed by atoms with van der Waals surface area (Å²) in [5.41, 5.74) is 3.68. The Hall–Kier alpha value is -3.47. The van der Waals surface area contributed by atoms with Crippen molar-refractivity contribution in [3.8, 4) is 23.3 Å². The summed E-state index contributed by atoms with van der Waals surface area (Å²) in [5, 5.41) is 3.95. The van der Waals surface area contributed by atoms with E-state index in [1.165, 1.54) is 45.2 Å². The third kappa shape index (κ3) is 7.25. The zero-order valence-electron chi connectivity index (χ0n) is 21.1. The fraction of sp³-hybridized carbons (Fsp3) is 0.393. The molecule has 35 heavy (non-hydrogen) atoms. The molecular weight excluding hydrogens is 440 g/mol. The molecule has 1 aliphatic heterocycles. The maximum Gasteiger partial charge on any atom is 0.162 e. The van der Waals surface area contributed by atoms with E-state index in [1.54, 1.807) is 32.4 Å². The fourth-order valence-electron chi connectivity index (χ4n) is 3.91. The highest BCUT2D eigenvalue weighted by molar-refractivity contribution is 5.87. The Labute approximate surface area is 207 Å². The second-order valence-corrected chi connectivity index (χ2v) is 8.39. The van der Waals surface area contributed by atoms with Crippen LogP contribution < -0.4 is 14.8 Å². The van der Waals surface area contributed by atoms with Gasteiger partial charge in [-0.3, -0.25) is 4.79 Å². The molecule has 7 heteroatoms. The topological polar surface area (TPSA) is 76.6 Å². The highest BCUT2D eigenvalue weighted by Crippen LogP contribution is 2.31. The van der Waals surface area contributed by atoms with Gasteiger partial charge in [0, 0.05) is 35.7 Å². The molecule has 184 valence electrons. The maximum atomic E-state index is 11.0. The van der Waals surface area contributed by atoms with Crippen molar-refractivity contribution in [3.05, 3.63) is 59.0 Å². The zero-order valence-corrected chi connectivity index (χ0v) is 21.1. The summed E-state index contributed by atoms with van der Waals surface area (Å²) in [4.78, 5) is 22.0. The van der Waals surface area contributed by atoms with Crippen LogP contribution in [0, 0.1) is 18.8 Å². The number of fused-ring (bicyclic) bond motifs is 1. The van der Waals surface area contributed by atoms with Crippen LogP contribution in [0.4, 0.5) is 0 Å². The number of likely N-dealkylation sites (tertiary alicyclic amines) is 1. The number of piperidine rings is 1. The van der Waals surface area contributed by atoms with E-state index in [0.717, 1.165) is 34.9 Å². The fourth-order valence-corrected chi connectivity index (χ4v) is 3.91. The van der Waals surface area contributed by atoms with E-state index in [0.29, 0.717) is 22.8 Å². The summed E-state index contributed by atoms with van der Waals surface area (Å²) in [5.74, 6) is 7.35. The zero-order chi connectivity index (χ0) is 25.0. The number of benzene rings is 2. The molecule has 1 aliphatic rings. The number of hydrogen-bond acceptors (Lipinski definition) is 7. The van der Waals surface area contributed by atoms with Crippen LogP contribution in [-0.2, 0) is 0 Å². The molecule has 0 saturated carbocycles. The van der Waals surface area contributed by atoms with Crippen LogP contribution in [-0.4, -0.2) is 68.6 Å². The Morgan fingerprint density at radius 1 is 1.03 bits per heavy atom. The van der Waals surface area contributed by atoms with Gasteiger partial charge in [-0.2, -0.15) is 0 Å². The number of aldehydes is 1. The van der Waals surface area contributed by atoms with Gasteiger partial charge in [0.2, 0.25) is 0 Å². The number of hydrogen-bond donors (Lipinski definition) is 1. The van der Waals surface area contributed by atoms with E-state index in [2.05, 4.69) is 32.0 Å². The van der Waals surface area contributed by atoms with Crippen LogP contribution in [0.15, 0.2) is 36.7 Å². The summed E-state index contributed by atoms with van der Waals surface area (Å²) < 4.78 is 10.6. The molecule has 7 nitrogen and oxygen atoms in total. The smallest absolute Gasteiger partial charge is 0.162 e. The van der Waals surface area contributed by atoms with Gasteiger partial charge in [0.15, 0.2) is 11.5 Å². The maximum absolute atomic E-state index is 11.0. The van der Waals surface area contributed by atoms with Crippen molar-refractivity contribution >= 4 is 17.2 Å². The highest BCUT2D eigenvalue weighted by Gasteiger charge is 2.10. The van der Waals surface area contributed by atoms with E-state index in [9.17, 15) is 4.79 Å². The lowest BCUT2D eigenvalue weighted by Gasteiger charge is -2.25. The van der Waals surface area contributed by atoms with Crippen LogP contribution >= 0.6 is 0 Å². The molecular formula is C28H34N4O3. The first-order chi connectivity index (χ1) is 17.1. The molecule has 0 amide bonds. The largest absolute Gasteiger partial charge is 0.493 e. The second kappa shape index (κ2) is 13.4. The predicted molar refractivity (Wildman–Crippen MR) is 139 cm³/mol. The van der Waals surface area contributed by atoms with Gasteiger partial charge in [-0.15, -0.1) is 0 Å². The quantitative estimate of drug-likeness (QED) is 0.429. The van der Waals surface area contributed by atoms with Gasteiger partial charge in [-0.05, 0) is 63.5 Å². The summed E-state index contributed by atoms with van der Waals surface area (Å²) in [6, 6.07) is 9.01. The molecule has 0 atom stereocenters. The minimum absolute atomic E-state index is 0.585. The molecule has 1 saturated heterocycles. The Morgan fingerprint density at radius 3 is 2.46 bits per heavy atom. The third-order valence-corrected chi connectivity index (χ3v) is 5.98. The summed E-state index contributed by atoms with van der Waals surface area (Å²) >= 11 is 0. The Balaban J connectivity index is 0.000000287. The van der Waals surface area contributed by atoms with Crippen LogP contribution in [0.25, 0.3) is 10.9 Å². The number of nitrogens with one attached hydrogen (secondary N) is 1. The standard InChI is InChI=1S/C20H16N2O3.C8H18N2/c1-13-4-5-14(11-23)8-15(13)6-7-17-16-9-19(24-2)20(25-3)10-18(16)22-12-21-17;1-9-5-8-10-6-3-2-4-7-10/h4-5,8-12H,1-3H3;9H,2-8H2,1H3. The first-order valence-electron chi connectivity index (χ1n) is 11.9. The number of rotatable bonds is 6. The average molecular weight is 475 g/mol. The molecule has 0 spiro atoms. The first kappa shape index (κ1) is 26.1. The van der Waals surface area contributed by atoms with E-state index < -0.39 is 0 Å². The van der Waals surface area contributed by atoms with Crippen molar-refractivity contribution < 1.29 is 14.3 Å². The molecule has 1 N–H and O–H groups in total. The molecule has 1 fully saturated rings. The summed E-state index contributed by atoms with van der Waals surface area (Å²) in [7, 11) is 5.17. The number of nitrogens with zero attached hydrogens (tertiary/aromatic N) is 3. The van der Waals surface area contributed by atoms with Gasteiger partial charge in [0.05, 0.1) is 19.7 Å². The Bertz CT molecular complexity index is 1190. The third-order valence-electron chi connectivity index (χ3n) is 5.98. The van der Waals surface area contributed by atoms with Crippen molar-refractivity contribution in [2.24, 2.45) is 0 Å². The second-order valence-electron chi connectivity index (χ2n) is 8.39. The lowest BCUT2D eigenvalue weighted by atomic mass is 10.1. The minimum Gasteiger partial charge on any atom is -0.493 e. The van der Waals surface area contributed by atoms with Gasteiger partial charge in [-0.1, -0.05) is 24.5 Å². The Morgan fingerprint density at radius 2 is 1.77 bits per heavy atom. The van der Waals surface area contributed by atoms with Gasteiger partial charge in [0.25, 0.3) is 0 Å². The lowest BCUT2D eigenvalue weighted by molar-refractivity contribution is 0.112. The monoisotopic (exact) mass is 474 g/mol. The normalized spacial score (nSPS) is 13.3. The summed E-state index contributed by atoms with van der Waals surface area (Å²) in [6.07, 6.45) is 6.53. The van der Waals surface area contributed by atoms with Crippen LogP contribution in [0.2, 0.25) is 0 Å². The van der Waals surface area contributed by atoms with Gasteiger partial charge >= 0.3 is 0 Å². The lowest BCUT2D eigenvalue weighted by Crippen LogP contribution is -2.34. The van der Waals surface area contributed by atoms with Crippen LogP contribution in [0.1, 0.15) is 46.4 Å². The minimum atomic E-state index is 0.585. The van der Waals surface area contributed by atoms with Crippen molar-refractivity contribution in [3.63, 3.8) is 0 Å². The number of methoxy groups -OCH3 is 2. The molecule has 0 unspecified atom stereocenters. The number of aromatic nitrogens is 2. The van der Waals surface area contributed by atoms with E-state index in [1.807, 2.05) is 26.1 Å². The first-order valence-corrected chi connectivity index (χ1v) is 11.9. The van der Waals surface area contributed by atoms with E-state index >= 15 is 0 Å². The van der Waals surface area contributed by atoms with E-state index in [4.69, 9.17) is 9.47 Å². The van der Waals surface area contributed by atoms with Crippen LogP contribution in [0.3, 0.4) is 0 Å². The Kier molecular flexibility index (Phi) is 10.0. The number of carbonyl (C=O) groups is 1. The van der Waals surface area contributed by atoms with Gasteiger partial charge in [0.1, 0.15) is 18.3 Å². The van der Waals surface area contributed by atoms with Crippen molar-refractivity contribution in [2.45, 2.75) is 26.2 Å². The van der Waals surface area contributed by atoms with Crippen molar-refractivity contribution in [2.75, 3.05) is 47.4 Å². The SMILES string of the molecule is CNCCN1CCCCC1.COc1cc2ncnc(C#Cc3cc(C=O)ccc3C)c2cc1OC. The summed E-state index contributed by atoms with van der Waals surface area (Å²) in [6.45, 7) is 6.96. The van der Waals surface area contributed by atoms with Crippen LogP contribution in [0.5, 0.6) is 11.5 Å². The average Bonchev–Trinajstić information content (AvgIpc) is 2.91. The van der Waals surface area contributed by atoms with Gasteiger partial charge < -0.3 is 19.7 Å². The predicted octanol–water partition coefficient (Wildman–Crippen LogP) is 3.86.